The van der Waals surface area contributed by atoms with Gasteiger partial charge in [0.15, 0.2) is 6.10 Å². The summed E-state index contributed by atoms with van der Waals surface area (Å²) in [6.07, 6.45) is 49.7. The lowest BCUT2D eigenvalue weighted by atomic mass is 10.0. The molecular weight excluding hydrogens is 669 g/mol. The van der Waals surface area contributed by atoms with Gasteiger partial charge in [0.05, 0.1) is 6.61 Å². The van der Waals surface area contributed by atoms with E-state index in [0.717, 1.165) is 32.1 Å². The summed E-state index contributed by atoms with van der Waals surface area (Å²) in [7, 11) is 0. The summed E-state index contributed by atoms with van der Waals surface area (Å²) in [6.45, 7) is 7.86. The Bertz CT molecular complexity index is 740. The van der Waals surface area contributed by atoms with Crippen molar-refractivity contribution in [2.24, 2.45) is 0 Å². The number of esters is 2. The van der Waals surface area contributed by atoms with E-state index in [1.165, 1.54) is 212 Å². The number of hydrogen-bond donors (Lipinski definition) is 0. The molecule has 0 bridgehead atoms. The highest BCUT2D eigenvalue weighted by Crippen LogP contribution is 2.16. The van der Waals surface area contributed by atoms with Crippen molar-refractivity contribution < 1.29 is 23.8 Å². The van der Waals surface area contributed by atoms with Crippen molar-refractivity contribution >= 4 is 11.9 Å². The highest BCUT2D eigenvalue weighted by Gasteiger charge is 2.17. The monoisotopic (exact) mass is 765 g/mol. The van der Waals surface area contributed by atoms with Crippen LogP contribution in [0, 0.1) is 0 Å². The molecule has 0 saturated carbocycles. The minimum Gasteiger partial charge on any atom is -0.462 e. The van der Waals surface area contributed by atoms with E-state index in [1.54, 1.807) is 0 Å². The van der Waals surface area contributed by atoms with E-state index >= 15 is 0 Å². The van der Waals surface area contributed by atoms with E-state index in [1.807, 2.05) is 0 Å². The third-order valence-electron chi connectivity index (χ3n) is 11.1. The summed E-state index contributed by atoms with van der Waals surface area (Å²) in [6, 6.07) is 0. The van der Waals surface area contributed by atoms with Crippen LogP contribution in [0.25, 0.3) is 0 Å². The zero-order chi connectivity index (χ0) is 39.3. The van der Waals surface area contributed by atoms with E-state index in [2.05, 4.69) is 20.8 Å². The highest BCUT2D eigenvalue weighted by molar-refractivity contribution is 5.70. The number of unbranched alkanes of at least 4 members (excludes halogenated alkanes) is 35. The van der Waals surface area contributed by atoms with Crippen molar-refractivity contribution in [2.45, 2.75) is 284 Å². The Kier molecular flexibility index (Phi) is 45.3. The smallest absolute Gasteiger partial charge is 0.306 e. The molecule has 0 aliphatic rings. The Hall–Kier alpha value is -1.10. The van der Waals surface area contributed by atoms with Crippen LogP contribution in [0.15, 0.2) is 0 Å². The molecule has 0 aromatic heterocycles. The fourth-order valence-corrected chi connectivity index (χ4v) is 7.45. The summed E-state index contributed by atoms with van der Waals surface area (Å²) in [5.74, 6) is -0.381. The summed E-state index contributed by atoms with van der Waals surface area (Å²) in [4.78, 5) is 25.2. The molecule has 0 heterocycles. The van der Waals surface area contributed by atoms with Crippen molar-refractivity contribution in [3.05, 3.63) is 0 Å². The third-order valence-corrected chi connectivity index (χ3v) is 11.1. The van der Waals surface area contributed by atoms with Gasteiger partial charge in [0.1, 0.15) is 6.61 Å². The molecule has 0 radical (unpaired) electrons. The van der Waals surface area contributed by atoms with Gasteiger partial charge in [-0.25, -0.2) is 0 Å². The van der Waals surface area contributed by atoms with Crippen LogP contribution >= 0.6 is 0 Å². The summed E-state index contributed by atoms with van der Waals surface area (Å²) in [5, 5.41) is 0. The van der Waals surface area contributed by atoms with Crippen molar-refractivity contribution in [3.63, 3.8) is 0 Å². The molecule has 0 aliphatic carbocycles. The van der Waals surface area contributed by atoms with Gasteiger partial charge in [-0.2, -0.15) is 0 Å². The number of rotatable bonds is 46. The fourth-order valence-electron chi connectivity index (χ4n) is 7.45. The van der Waals surface area contributed by atoms with Crippen LogP contribution in [0.3, 0.4) is 0 Å². The molecule has 1 atom stereocenters. The molecule has 0 N–H and O–H groups in total. The Morgan fingerprint density at radius 3 is 0.944 bits per heavy atom. The first-order chi connectivity index (χ1) is 26.6. The molecule has 0 aliphatic heterocycles. The van der Waals surface area contributed by atoms with Crippen molar-refractivity contribution in [3.8, 4) is 0 Å². The quantitative estimate of drug-likeness (QED) is 0.0456. The van der Waals surface area contributed by atoms with E-state index < -0.39 is 6.10 Å². The molecule has 0 aromatic rings. The van der Waals surface area contributed by atoms with Crippen LogP contribution in [0.2, 0.25) is 0 Å². The minimum absolute atomic E-state index is 0.0965. The number of carbonyl (C=O) groups excluding carboxylic acids is 2. The molecule has 0 spiro atoms. The predicted molar refractivity (Wildman–Crippen MR) is 233 cm³/mol. The molecule has 0 aromatic carbocycles. The number of hydrogen-bond acceptors (Lipinski definition) is 5. The molecule has 0 saturated heterocycles. The Morgan fingerprint density at radius 2 is 0.611 bits per heavy atom. The largest absolute Gasteiger partial charge is 0.462 e. The summed E-state index contributed by atoms with van der Waals surface area (Å²) in [5.41, 5.74) is 0. The predicted octanol–water partition coefficient (Wildman–Crippen LogP) is 16.1. The SMILES string of the molecule is CCCCCCCCCCCCCCCCCCOCC(COC(=O)CCCCCCCCCCCCCCCCC)OC(=O)CCCCCCCCC. The van der Waals surface area contributed by atoms with Gasteiger partial charge in [-0.1, -0.05) is 245 Å². The molecule has 1 unspecified atom stereocenters. The maximum absolute atomic E-state index is 12.6. The molecule has 0 amide bonds. The van der Waals surface area contributed by atoms with E-state index in [9.17, 15) is 9.59 Å². The number of carbonyl (C=O) groups is 2. The molecular formula is C49H96O5. The van der Waals surface area contributed by atoms with Gasteiger partial charge in [-0.15, -0.1) is 0 Å². The average Bonchev–Trinajstić information content (AvgIpc) is 3.17. The second kappa shape index (κ2) is 46.3. The average molecular weight is 765 g/mol. The molecule has 0 rings (SSSR count). The Labute approximate surface area is 338 Å². The molecule has 5 nitrogen and oxygen atoms in total. The van der Waals surface area contributed by atoms with E-state index in [4.69, 9.17) is 14.2 Å². The lowest BCUT2D eigenvalue weighted by molar-refractivity contribution is -0.163. The van der Waals surface area contributed by atoms with Crippen LogP contribution in [0.5, 0.6) is 0 Å². The van der Waals surface area contributed by atoms with Crippen LogP contribution < -0.4 is 0 Å². The fraction of sp³-hybridized carbons (Fsp3) is 0.959. The van der Waals surface area contributed by atoms with Crippen molar-refractivity contribution in [2.75, 3.05) is 19.8 Å². The molecule has 0 fully saturated rings. The van der Waals surface area contributed by atoms with Gasteiger partial charge in [-0.05, 0) is 19.3 Å². The van der Waals surface area contributed by atoms with Crippen molar-refractivity contribution in [1.82, 2.24) is 0 Å². The van der Waals surface area contributed by atoms with E-state index in [-0.39, 0.29) is 18.5 Å². The first-order valence-electron chi connectivity index (χ1n) is 24.6. The maximum Gasteiger partial charge on any atom is 0.306 e. The maximum atomic E-state index is 12.6. The van der Waals surface area contributed by atoms with Crippen LogP contribution in [0.1, 0.15) is 278 Å². The van der Waals surface area contributed by atoms with Gasteiger partial charge in [0.25, 0.3) is 0 Å². The van der Waals surface area contributed by atoms with Gasteiger partial charge in [-0.3, -0.25) is 9.59 Å². The molecule has 322 valence electrons. The van der Waals surface area contributed by atoms with Gasteiger partial charge in [0.2, 0.25) is 0 Å². The zero-order valence-corrected chi connectivity index (χ0v) is 37.0. The minimum atomic E-state index is -0.520. The zero-order valence-electron chi connectivity index (χ0n) is 37.0. The second-order valence-electron chi connectivity index (χ2n) is 16.7. The van der Waals surface area contributed by atoms with Crippen molar-refractivity contribution in [1.29, 1.82) is 0 Å². The summed E-state index contributed by atoms with van der Waals surface area (Å²) >= 11 is 0. The van der Waals surface area contributed by atoms with Crippen LogP contribution in [0.4, 0.5) is 0 Å². The first-order valence-corrected chi connectivity index (χ1v) is 24.6. The standard InChI is InChI=1S/C49H96O5/c1-4-7-10-13-16-18-20-22-24-26-28-30-32-35-38-41-44-52-45-47(54-49(51)43-40-37-33-15-12-9-6-3)46-53-48(50)42-39-36-34-31-29-27-25-23-21-19-17-14-11-8-5-2/h47H,4-46H2,1-3H3. The number of ether oxygens (including phenoxy) is 3. The Morgan fingerprint density at radius 1 is 0.333 bits per heavy atom. The summed E-state index contributed by atoms with van der Waals surface area (Å²) < 4.78 is 17.3. The first kappa shape index (κ1) is 52.9. The second-order valence-corrected chi connectivity index (χ2v) is 16.7. The van der Waals surface area contributed by atoms with Crippen LogP contribution in [-0.4, -0.2) is 37.9 Å². The van der Waals surface area contributed by atoms with Gasteiger partial charge >= 0.3 is 11.9 Å². The molecule has 5 heteroatoms. The van der Waals surface area contributed by atoms with Crippen LogP contribution in [-0.2, 0) is 23.8 Å². The Balaban J connectivity index is 4.06. The normalized spacial score (nSPS) is 12.0. The molecule has 54 heavy (non-hydrogen) atoms. The van der Waals surface area contributed by atoms with E-state index in [0.29, 0.717) is 26.1 Å². The van der Waals surface area contributed by atoms with Gasteiger partial charge in [0, 0.05) is 19.4 Å². The topological polar surface area (TPSA) is 61.8 Å². The lowest BCUT2D eigenvalue weighted by Gasteiger charge is -2.18. The highest BCUT2D eigenvalue weighted by atomic mass is 16.6. The van der Waals surface area contributed by atoms with Gasteiger partial charge < -0.3 is 14.2 Å². The lowest BCUT2D eigenvalue weighted by Crippen LogP contribution is -2.30. The third kappa shape index (κ3) is 43.6.